The Bertz CT molecular complexity index is 730. The Balaban J connectivity index is 1.48. The molecule has 0 spiro atoms. The average Bonchev–Trinajstić information content (AvgIpc) is 3.19. The van der Waals surface area contributed by atoms with E-state index in [1.54, 1.807) is 0 Å². The first-order chi connectivity index (χ1) is 12.8. The van der Waals surface area contributed by atoms with E-state index < -0.39 is 0 Å². The van der Waals surface area contributed by atoms with E-state index in [4.69, 9.17) is 4.98 Å². The lowest BCUT2D eigenvalue weighted by atomic mass is 10.1. The van der Waals surface area contributed by atoms with Crippen molar-refractivity contribution in [2.45, 2.75) is 25.3 Å². The van der Waals surface area contributed by atoms with Crippen LogP contribution in [0.2, 0.25) is 0 Å². The summed E-state index contributed by atoms with van der Waals surface area (Å²) in [7, 11) is 0. The average molecular weight is 372 g/mol. The van der Waals surface area contributed by atoms with Crippen LogP contribution < -0.4 is 15.5 Å². The molecule has 8 heteroatoms. The Morgan fingerprint density at radius 3 is 2.77 bits per heavy atom. The minimum atomic E-state index is -0.0857. The van der Waals surface area contributed by atoms with Gasteiger partial charge in [-0.3, -0.25) is 0 Å². The maximum Gasteiger partial charge on any atom is 0.322 e. The van der Waals surface area contributed by atoms with E-state index in [1.807, 2.05) is 35.2 Å². The summed E-state index contributed by atoms with van der Waals surface area (Å²) in [4.78, 5) is 21.7. The minimum Gasteiger partial charge on any atom is -0.340 e. The first kappa shape index (κ1) is 17.2. The number of para-hydroxylation sites is 1. The maximum absolute atomic E-state index is 12.8. The van der Waals surface area contributed by atoms with Crippen LogP contribution >= 0.6 is 11.5 Å². The SMILES string of the molecule is O=C(Nc1ccccc1)N1CCNCC1c1nc(N2CCCCC2)ns1. The van der Waals surface area contributed by atoms with Crippen LogP contribution in [0.5, 0.6) is 0 Å². The van der Waals surface area contributed by atoms with Crippen molar-refractivity contribution >= 4 is 29.2 Å². The normalized spacial score (nSPS) is 20.8. The highest BCUT2D eigenvalue weighted by Crippen LogP contribution is 2.28. The molecule has 138 valence electrons. The van der Waals surface area contributed by atoms with Crippen molar-refractivity contribution in [1.29, 1.82) is 0 Å². The first-order valence-corrected chi connectivity index (χ1v) is 10.0. The van der Waals surface area contributed by atoms with Gasteiger partial charge in [0, 0.05) is 38.4 Å². The fourth-order valence-electron chi connectivity index (χ4n) is 3.47. The third-order valence-corrected chi connectivity index (χ3v) is 5.69. The number of hydrogen-bond acceptors (Lipinski definition) is 6. The zero-order chi connectivity index (χ0) is 17.8. The number of piperazine rings is 1. The van der Waals surface area contributed by atoms with E-state index in [1.165, 1.54) is 30.8 Å². The molecule has 7 nitrogen and oxygen atoms in total. The van der Waals surface area contributed by atoms with Gasteiger partial charge < -0.3 is 20.4 Å². The topological polar surface area (TPSA) is 73.4 Å². The molecule has 2 N–H and O–H groups in total. The molecule has 2 saturated heterocycles. The van der Waals surface area contributed by atoms with E-state index in [2.05, 4.69) is 19.9 Å². The number of aromatic nitrogens is 2. The van der Waals surface area contributed by atoms with Gasteiger partial charge in [-0.15, -0.1) is 0 Å². The number of piperidine rings is 1. The largest absolute Gasteiger partial charge is 0.340 e. The number of anilines is 2. The third kappa shape index (κ3) is 3.81. The van der Waals surface area contributed by atoms with Crippen molar-refractivity contribution in [1.82, 2.24) is 19.6 Å². The van der Waals surface area contributed by atoms with Crippen molar-refractivity contribution in [2.75, 3.05) is 42.9 Å². The predicted molar refractivity (Wildman–Crippen MR) is 104 cm³/mol. The van der Waals surface area contributed by atoms with Crippen molar-refractivity contribution in [3.05, 3.63) is 35.3 Å². The van der Waals surface area contributed by atoms with E-state index in [0.717, 1.165) is 36.3 Å². The summed E-state index contributed by atoms with van der Waals surface area (Å²) >= 11 is 1.41. The Labute approximate surface area is 157 Å². The zero-order valence-electron chi connectivity index (χ0n) is 14.7. The molecular formula is C18H24N6OS. The van der Waals surface area contributed by atoms with Gasteiger partial charge in [0.05, 0.1) is 6.04 Å². The second kappa shape index (κ2) is 8.01. The Morgan fingerprint density at radius 2 is 1.96 bits per heavy atom. The van der Waals surface area contributed by atoms with Gasteiger partial charge in [0.1, 0.15) is 5.01 Å². The lowest BCUT2D eigenvalue weighted by Gasteiger charge is -2.34. The predicted octanol–water partition coefficient (Wildman–Crippen LogP) is 2.71. The number of carbonyl (C=O) groups is 1. The molecule has 2 amide bonds. The van der Waals surface area contributed by atoms with E-state index in [-0.39, 0.29) is 12.1 Å². The van der Waals surface area contributed by atoms with Gasteiger partial charge in [-0.1, -0.05) is 18.2 Å². The third-order valence-electron chi connectivity index (χ3n) is 4.88. The molecule has 2 aliphatic rings. The first-order valence-electron chi connectivity index (χ1n) is 9.23. The van der Waals surface area contributed by atoms with Gasteiger partial charge in [0.15, 0.2) is 0 Å². The van der Waals surface area contributed by atoms with Crippen LogP contribution in [-0.4, -0.2) is 53.0 Å². The number of nitrogens with one attached hydrogen (secondary N) is 2. The number of urea groups is 1. The highest BCUT2D eigenvalue weighted by Gasteiger charge is 2.31. The summed E-state index contributed by atoms with van der Waals surface area (Å²) in [5.41, 5.74) is 0.807. The molecule has 2 aliphatic heterocycles. The van der Waals surface area contributed by atoms with Crippen LogP contribution in [0.4, 0.5) is 16.4 Å². The van der Waals surface area contributed by atoms with Crippen molar-refractivity contribution in [3.8, 4) is 0 Å². The molecule has 0 saturated carbocycles. The Morgan fingerprint density at radius 1 is 1.15 bits per heavy atom. The summed E-state index contributed by atoms with van der Waals surface area (Å²) in [5.74, 6) is 0.818. The molecule has 1 aromatic carbocycles. The fraction of sp³-hybridized carbons (Fsp3) is 0.500. The summed E-state index contributed by atoms with van der Waals surface area (Å²) in [6.07, 6.45) is 3.68. The summed E-state index contributed by atoms with van der Waals surface area (Å²) in [5, 5.41) is 7.26. The lowest BCUT2D eigenvalue weighted by Crippen LogP contribution is -2.50. The molecule has 3 heterocycles. The van der Waals surface area contributed by atoms with Crippen molar-refractivity contribution in [2.24, 2.45) is 0 Å². The molecule has 1 aromatic heterocycles. The number of amides is 2. The summed E-state index contributed by atoms with van der Waals surface area (Å²) < 4.78 is 4.56. The number of carbonyl (C=O) groups excluding carboxylic acids is 1. The van der Waals surface area contributed by atoms with Crippen LogP contribution in [0.1, 0.15) is 30.3 Å². The van der Waals surface area contributed by atoms with E-state index >= 15 is 0 Å². The summed E-state index contributed by atoms with van der Waals surface area (Å²) in [6, 6.07) is 9.40. The van der Waals surface area contributed by atoms with Crippen LogP contribution in [0.3, 0.4) is 0 Å². The number of hydrogen-bond donors (Lipinski definition) is 2. The highest BCUT2D eigenvalue weighted by atomic mass is 32.1. The van der Waals surface area contributed by atoms with Crippen LogP contribution in [0, 0.1) is 0 Å². The smallest absolute Gasteiger partial charge is 0.322 e. The molecule has 26 heavy (non-hydrogen) atoms. The molecule has 0 bridgehead atoms. The van der Waals surface area contributed by atoms with Crippen molar-refractivity contribution in [3.63, 3.8) is 0 Å². The van der Waals surface area contributed by atoms with Gasteiger partial charge in [-0.25, -0.2) is 9.78 Å². The Hall–Kier alpha value is -2.19. The quantitative estimate of drug-likeness (QED) is 0.867. The molecule has 1 unspecified atom stereocenters. The van der Waals surface area contributed by atoms with Crippen molar-refractivity contribution < 1.29 is 4.79 Å². The number of nitrogens with zero attached hydrogens (tertiary/aromatic N) is 4. The molecule has 1 atom stereocenters. The second-order valence-electron chi connectivity index (χ2n) is 6.69. The lowest BCUT2D eigenvalue weighted by molar-refractivity contribution is 0.171. The fourth-order valence-corrected chi connectivity index (χ4v) is 4.26. The molecule has 2 fully saturated rings. The van der Waals surface area contributed by atoms with Gasteiger partial charge in [-0.2, -0.15) is 4.37 Å². The van der Waals surface area contributed by atoms with E-state index in [9.17, 15) is 4.79 Å². The second-order valence-corrected chi connectivity index (χ2v) is 7.47. The molecule has 0 aliphatic carbocycles. The molecule has 2 aromatic rings. The van der Waals surface area contributed by atoms with Gasteiger partial charge in [-0.05, 0) is 42.9 Å². The van der Waals surface area contributed by atoms with E-state index in [0.29, 0.717) is 13.1 Å². The van der Waals surface area contributed by atoms with Crippen LogP contribution in [0.25, 0.3) is 0 Å². The summed E-state index contributed by atoms with van der Waals surface area (Å²) in [6.45, 7) is 4.20. The minimum absolute atomic E-state index is 0.0801. The number of benzene rings is 1. The zero-order valence-corrected chi connectivity index (χ0v) is 15.5. The highest BCUT2D eigenvalue weighted by molar-refractivity contribution is 7.05. The van der Waals surface area contributed by atoms with Gasteiger partial charge in [0.2, 0.25) is 5.95 Å². The molecule has 0 radical (unpaired) electrons. The number of rotatable bonds is 3. The molecular weight excluding hydrogens is 348 g/mol. The van der Waals surface area contributed by atoms with Gasteiger partial charge >= 0.3 is 6.03 Å². The Kier molecular flexibility index (Phi) is 5.31. The monoisotopic (exact) mass is 372 g/mol. The maximum atomic E-state index is 12.8. The van der Waals surface area contributed by atoms with Crippen LogP contribution in [-0.2, 0) is 0 Å². The van der Waals surface area contributed by atoms with Crippen LogP contribution in [0.15, 0.2) is 30.3 Å². The van der Waals surface area contributed by atoms with Gasteiger partial charge in [0.25, 0.3) is 0 Å². The molecule has 4 rings (SSSR count). The standard InChI is InChI=1S/C18H24N6OS/c25-18(20-14-7-3-1-4-8-14)24-12-9-19-13-15(24)16-21-17(22-26-16)23-10-5-2-6-11-23/h1,3-4,7-8,15,19H,2,5-6,9-13H2,(H,20,25).